The molecule has 1 saturated heterocycles. The van der Waals surface area contributed by atoms with E-state index in [4.69, 9.17) is 27.9 Å². The molecule has 5 rings (SSSR count). The van der Waals surface area contributed by atoms with Gasteiger partial charge in [0, 0.05) is 15.6 Å². The normalized spacial score (nSPS) is 18.2. The molecule has 1 heterocycles. The Hall–Kier alpha value is -3.53. The van der Waals surface area contributed by atoms with E-state index in [1.54, 1.807) is 24.3 Å². The van der Waals surface area contributed by atoms with Crippen molar-refractivity contribution in [3.8, 4) is 5.75 Å². The van der Waals surface area contributed by atoms with Crippen LogP contribution >= 0.6 is 39.1 Å². The first kappa shape index (κ1) is 29.0. The van der Waals surface area contributed by atoms with Crippen LogP contribution in [0.4, 0.5) is 0 Å². The van der Waals surface area contributed by atoms with E-state index in [0.29, 0.717) is 18.4 Å². The first-order valence-corrected chi connectivity index (χ1v) is 14.4. The fraction of sp³-hybridized carbons (Fsp3) is 0.233. The second kappa shape index (κ2) is 12.1. The standard InChI is InChI=1S/C30H23BrCl2N2O6/c31-20-10-5-18(6-11-20)30(40)41-21-12-7-17(8-13-21)26(36)16-34(27(37)19-9-14-24(32)25(33)15-19)35-28(38)22-3-1-2-4-23(22)29(35)39/h5-15,22-23H,1-4,16H2/t22-,23-/m0/s1. The average Bonchev–Trinajstić information content (AvgIpc) is 3.22. The topological polar surface area (TPSA) is 101 Å². The molecule has 3 aromatic rings. The second-order valence-electron chi connectivity index (χ2n) is 9.82. The highest BCUT2D eigenvalue weighted by atomic mass is 79.9. The molecule has 1 aliphatic carbocycles. The minimum atomic E-state index is -0.739. The van der Waals surface area contributed by atoms with Crippen molar-refractivity contribution >= 4 is 68.6 Å². The van der Waals surface area contributed by atoms with Crippen molar-refractivity contribution in [1.82, 2.24) is 10.0 Å². The van der Waals surface area contributed by atoms with Gasteiger partial charge in [0.05, 0.1) is 27.4 Å². The summed E-state index contributed by atoms with van der Waals surface area (Å²) in [4.78, 5) is 66.2. The van der Waals surface area contributed by atoms with Crippen LogP contribution in [0.15, 0.2) is 71.2 Å². The summed E-state index contributed by atoms with van der Waals surface area (Å²) in [7, 11) is 0. The number of hydrazine groups is 1. The number of nitrogens with zero attached hydrogens (tertiary/aromatic N) is 2. The van der Waals surface area contributed by atoms with Crippen molar-refractivity contribution in [2.24, 2.45) is 11.8 Å². The second-order valence-corrected chi connectivity index (χ2v) is 11.6. The summed E-state index contributed by atoms with van der Waals surface area (Å²) in [5.74, 6) is -3.64. The highest BCUT2D eigenvalue weighted by Gasteiger charge is 2.51. The van der Waals surface area contributed by atoms with Crippen molar-refractivity contribution in [1.29, 1.82) is 0 Å². The summed E-state index contributed by atoms with van der Waals surface area (Å²) in [6, 6.07) is 16.6. The van der Waals surface area contributed by atoms with Crippen LogP contribution in [0.1, 0.15) is 56.8 Å². The molecule has 1 aliphatic heterocycles. The maximum absolute atomic E-state index is 13.7. The molecular formula is C30H23BrCl2N2O6. The number of rotatable bonds is 7. The van der Waals surface area contributed by atoms with Crippen molar-refractivity contribution in [3.63, 3.8) is 0 Å². The molecule has 0 N–H and O–H groups in total. The van der Waals surface area contributed by atoms with Gasteiger partial charge in [-0.25, -0.2) is 9.80 Å². The molecule has 2 atom stereocenters. The van der Waals surface area contributed by atoms with Crippen molar-refractivity contribution in [2.45, 2.75) is 25.7 Å². The molecule has 0 bridgehead atoms. The maximum atomic E-state index is 13.7. The Morgan fingerprint density at radius 1 is 0.805 bits per heavy atom. The molecule has 0 spiro atoms. The van der Waals surface area contributed by atoms with Crippen LogP contribution in [0.2, 0.25) is 10.0 Å². The van der Waals surface area contributed by atoms with Crippen LogP contribution in [0.3, 0.4) is 0 Å². The van der Waals surface area contributed by atoms with Gasteiger partial charge in [-0.3, -0.25) is 19.2 Å². The number of imide groups is 1. The molecule has 210 valence electrons. The summed E-state index contributed by atoms with van der Waals surface area (Å²) in [6.07, 6.45) is 2.72. The number of benzene rings is 3. The van der Waals surface area contributed by atoms with Gasteiger partial charge in [-0.15, -0.1) is 0 Å². The molecule has 0 aromatic heterocycles. The average molecular weight is 658 g/mol. The minimum Gasteiger partial charge on any atom is -0.423 e. The first-order chi connectivity index (χ1) is 19.6. The van der Waals surface area contributed by atoms with Gasteiger partial charge in [-0.2, -0.15) is 5.01 Å². The number of amides is 3. The fourth-order valence-electron chi connectivity index (χ4n) is 5.08. The molecule has 2 aliphatic rings. The van der Waals surface area contributed by atoms with Crippen LogP contribution in [0.25, 0.3) is 0 Å². The predicted molar refractivity (Wildman–Crippen MR) is 155 cm³/mol. The lowest BCUT2D eigenvalue weighted by Crippen LogP contribution is -2.52. The Labute approximate surface area is 254 Å². The lowest BCUT2D eigenvalue weighted by molar-refractivity contribution is -0.154. The van der Waals surface area contributed by atoms with E-state index in [1.165, 1.54) is 42.5 Å². The van der Waals surface area contributed by atoms with Crippen molar-refractivity contribution < 1.29 is 28.7 Å². The molecule has 1 saturated carbocycles. The highest BCUT2D eigenvalue weighted by Crippen LogP contribution is 2.39. The van der Waals surface area contributed by atoms with Gasteiger partial charge in [-0.05, 0) is 79.6 Å². The van der Waals surface area contributed by atoms with Crippen LogP contribution < -0.4 is 4.74 Å². The highest BCUT2D eigenvalue weighted by molar-refractivity contribution is 9.10. The number of ketones is 1. The Morgan fingerprint density at radius 3 is 1.95 bits per heavy atom. The third-order valence-corrected chi connectivity index (χ3v) is 8.49. The van der Waals surface area contributed by atoms with E-state index >= 15 is 0 Å². The van der Waals surface area contributed by atoms with E-state index < -0.39 is 47.9 Å². The first-order valence-electron chi connectivity index (χ1n) is 12.9. The van der Waals surface area contributed by atoms with Gasteiger partial charge >= 0.3 is 5.97 Å². The van der Waals surface area contributed by atoms with Crippen LogP contribution in [-0.4, -0.2) is 46.0 Å². The van der Waals surface area contributed by atoms with Gasteiger partial charge < -0.3 is 4.74 Å². The number of halogens is 3. The van der Waals surface area contributed by atoms with Gasteiger partial charge in [0.1, 0.15) is 12.3 Å². The molecular weight excluding hydrogens is 635 g/mol. The van der Waals surface area contributed by atoms with E-state index in [1.807, 2.05) is 0 Å². The molecule has 0 radical (unpaired) electrons. The number of carbonyl (C=O) groups excluding carboxylic acids is 5. The van der Waals surface area contributed by atoms with E-state index in [0.717, 1.165) is 27.3 Å². The molecule has 41 heavy (non-hydrogen) atoms. The van der Waals surface area contributed by atoms with Gasteiger partial charge in [0.2, 0.25) is 0 Å². The smallest absolute Gasteiger partial charge is 0.343 e. The van der Waals surface area contributed by atoms with Crippen LogP contribution in [0.5, 0.6) is 5.75 Å². The zero-order chi connectivity index (χ0) is 29.3. The summed E-state index contributed by atoms with van der Waals surface area (Å²) in [5, 5.41) is 2.07. The third-order valence-electron chi connectivity index (χ3n) is 7.22. The van der Waals surface area contributed by atoms with E-state index in [-0.39, 0.29) is 26.9 Å². The quantitative estimate of drug-likeness (QED) is 0.126. The number of hydrogen-bond donors (Lipinski definition) is 0. The zero-order valence-corrected chi connectivity index (χ0v) is 24.6. The minimum absolute atomic E-state index is 0.0675. The number of hydrogen-bond acceptors (Lipinski definition) is 6. The summed E-state index contributed by atoms with van der Waals surface area (Å²) >= 11 is 15.4. The number of carbonyl (C=O) groups is 5. The fourth-order valence-corrected chi connectivity index (χ4v) is 5.64. The van der Waals surface area contributed by atoms with Crippen LogP contribution in [0, 0.1) is 11.8 Å². The lowest BCUT2D eigenvalue weighted by atomic mass is 9.81. The summed E-state index contributed by atoms with van der Waals surface area (Å²) in [5.41, 5.74) is 0.611. The molecule has 3 amide bonds. The third kappa shape index (κ3) is 6.07. The van der Waals surface area contributed by atoms with Gasteiger partial charge in [0.15, 0.2) is 5.78 Å². The summed E-state index contributed by atoms with van der Waals surface area (Å²) in [6.45, 7) is -0.575. The monoisotopic (exact) mass is 656 g/mol. The van der Waals surface area contributed by atoms with Gasteiger partial charge in [-0.1, -0.05) is 52.0 Å². The van der Waals surface area contributed by atoms with Crippen molar-refractivity contribution in [3.05, 3.63) is 97.9 Å². The summed E-state index contributed by atoms with van der Waals surface area (Å²) < 4.78 is 6.20. The Kier molecular flexibility index (Phi) is 8.58. The van der Waals surface area contributed by atoms with E-state index in [9.17, 15) is 24.0 Å². The lowest BCUT2D eigenvalue weighted by Gasteiger charge is -2.30. The Bertz CT molecular complexity index is 1520. The molecule has 3 aromatic carbocycles. The number of fused-ring (bicyclic) bond motifs is 1. The molecule has 11 heteroatoms. The Balaban J connectivity index is 1.38. The zero-order valence-electron chi connectivity index (χ0n) is 21.5. The maximum Gasteiger partial charge on any atom is 0.343 e. The molecule has 0 unspecified atom stereocenters. The number of esters is 1. The van der Waals surface area contributed by atoms with Crippen molar-refractivity contribution in [2.75, 3.05) is 6.54 Å². The SMILES string of the molecule is O=C(CN(C(=O)c1ccc(Cl)c(Cl)c1)N1C(=O)[C@H]2CCCC[C@@H]2C1=O)c1ccc(OC(=O)c2ccc(Br)cc2)cc1. The van der Waals surface area contributed by atoms with E-state index in [2.05, 4.69) is 15.9 Å². The van der Waals surface area contributed by atoms with Gasteiger partial charge in [0.25, 0.3) is 17.7 Å². The van der Waals surface area contributed by atoms with Crippen LogP contribution in [-0.2, 0) is 9.59 Å². The predicted octanol–water partition coefficient (Wildman–Crippen LogP) is 6.39. The largest absolute Gasteiger partial charge is 0.423 e. The number of Topliss-reactive ketones (excluding diaryl/α,β-unsaturated/α-hetero) is 1. The molecule has 8 nitrogen and oxygen atoms in total. The Morgan fingerprint density at radius 2 is 1.37 bits per heavy atom. The number of ether oxygens (including phenoxy) is 1. The molecule has 2 fully saturated rings.